The second-order valence-electron chi connectivity index (χ2n) is 5.03. The van der Waals surface area contributed by atoms with Crippen LogP contribution >= 0.6 is 0 Å². The van der Waals surface area contributed by atoms with Crippen molar-refractivity contribution in [2.75, 3.05) is 0 Å². The first kappa shape index (κ1) is 13.5. The topological polar surface area (TPSA) is 12.4 Å². The molecule has 0 saturated carbocycles. The Labute approximate surface area is 116 Å². The minimum Gasteiger partial charge on any atom is -0.252 e. The number of rotatable bonds is 3. The summed E-state index contributed by atoms with van der Waals surface area (Å²) in [7, 11) is 0. The Morgan fingerprint density at radius 3 is 2.05 bits per heavy atom. The summed E-state index contributed by atoms with van der Waals surface area (Å²) in [5, 5.41) is 0. The van der Waals surface area contributed by atoms with Gasteiger partial charge in [-0.3, -0.25) is 4.99 Å². The van der Waals surface area contributed by atoms with E-state index in [1.165, 1.54) is 22.3 Å². The third-order valence-electron chi connectivity index (χ3n) is 3.32. The molecule has 0 radical (unpaired) electrons. The molecule has 0 spiro atoms. The minimum absolute atomic E-state index is 0.941. The van der Waals surface area contributed by atoms with Gasteiger partial charge in [0.25, 0.3) is 0 Å². The summed E-state index contributed by atoms with van der Waals surface area (Å²) in [6.45, 7) is 8.56. The fourth-order valence-electron chi connectivity index (χ4n) is 2.46. The summed E-state index contributed by atoms with van der Waals surface area (Å²) >= 11 is 0. The molecule has 0 aliphatic rings. The molecule has 0 saturated heterocycles. The van der Waals surface area contributed by atoms with Crippen molar-refractivity contribution in [3.8, 4) is 0 Å². The van der Waals surface area contributed by atoms with Crippen molar-refractivity contribution < 1.29 is 0 Å². The molecule has 0 bridgehead atoms. The third kappa shape index (κ3) is 3.11. The van der Waals surface area contributed by atoms with E-state index in [0.29, 0.717) is 0 Å². The quantitative estimate of drug-likeness (QED) is 0.669. The minimum atomic E-state index is 0.941. The molecule has 0 aliphatic heterocycles. The van der Waals surface area contributed by atoms with Crippen LogP contribution in [-0.2, 0) is 0 Å². The van der Waals surface area contributed by atoms with Crippen molar-refractivity contribution in [3.63, 3.8) is 0 Å². The Bertz CT molecular complexity index is 571. The Hall–Kier alpha value is -1.89. The highest BCUT2D eigenvalue weighted by molar-refractivity contribution is 6.02. The van der Waals surface area contributed by atoms with Gasteiger partial charge in [-0.05, 0) is 43.9 Å². The van der Waals surface area contributed by atoms with Gasteiger partial charge < -0.3 is 0 Å². The Kier molecular flexibility index (Phi) is 4.16. The van der Waals surface area contributed by atoms with Gasteiger partial charge in [-0.1, -0.05) is 55.0 Å². The lowest BCUT2D eigenvalue weighted by Gasteiger charge is -2.10. The van der Waals surface area contributed by atoms with Crippen molar-refractivity contribution in [1.82, 2.24) is 0 Å². The van der Waals surface area contributed by atoms with Gasteiger partial charge >= 0.3 is 0 Å². The second-order valence-corrected chi connectivity index (χ2v) is 5.03. The van der Waals surface area contributed by atoms with Gasteiger partial charge in [0.2, 0.25) is 0 Å². The van der Waals surface area contributed by atoms with Crippen molar-refractivity contribution >= 4 is 11.4 Å². The standard InChI is InChI=1S/C18H21N/c1-5-17(16-9-7-6-8-10-16)19-18-14(3)11-13(2)12-15(18)4/h6-12H,5H2,1-4H3. The number of nitrogens with zero attached hydrogens (tertiary/aromatic N) is 1. The third-order valence-corrected chi connectivity index (χ3v) is 3.32. The number of hydrogen-bond donors (Lipinski definition) is 0. The van der Waals surface area contributed by atoms with E-state index < -0.39 is 0 Å². The van der Waals surface area contributed by atoms with E-state index in [4.69, 9.17) is 4.99 Å². The van der Waals surface area contributed by atoms with Crippen LogP contribution in [0.15, 0.2) is 47.5 Å². The van der Waals surface area contributed by atoms with Crippen molar-refractivity contribution in [2.24, 2.45) is 4.99 Å². The van der Waals surface area contributed by atoms with Crippen LogP contribution in [0.25, 0.3) is 0 Å². The van der Waals surface area contributed by atoms with E-state index >= 15 is 0 Å². The van der Waals surface area contributed by atoms with Gasteiger partial charge in [-0.25, -0.2) is 0 Å². The molecule has 0 atom stereocenters. The molecule has 0 amide bonds. The fourth-order valence-corrected chi connectivity index (χ4v) is 2.46. The Morgan fingerprint density at radius 1 is 0.947 bits per heavy atom. The first-order valence-electron chi connectivity index (χ1n) is 6.82. The second kappa shape index (κ2) is 5.83. The van der Waals surface area contributed by atoms with E-state index in [0.717, 1.165) is 17.8 Å². The van der Waals surface area contributed by atoms with Gasteiger partial charge in [0.05, 0.1) is 5.69 Å². The zero-order chi connectivity index (χ0) is 13.8. The highest BCUT2D eigenvalue weighted by Gasteiger charge is 2.06. The molecular formula is C18H21N. The van der Waals surface area contributed by atoms with E-state index in [9.17, 15) is 0 Å². The fraction of sp³-hybridized carbons (Fsp3) is 0.278. The van der Waals surface area contributed by atoms with Gasteiger partial charge in [-0.15, -0.1) is 0 Å². The summed E-state index contributed by atoms with van der Waals surface area (Å²) in [6.07, 6.45) is 0.941. The molecule has 0 fully saturated rings. The first-order chi connectivity index (χ1) is 9.11. The number of aliphatic imine (C=N–C) groups is 1. The normalized spacial score (nSPS) is 11.7. The molecule has 98 valence electrons. The average Bonchev–Trinajstić information content (AvgIpc) is 2.39. The highest BCUT2D eigenvalue weighted by atomic mass is 14.8. The Balaban J connectivity index is 2.50. The molecule has 0 heterocycles. The molecule has 1 heteroatoms. The zero-order valence-electron chi connectivity index (χ0n) is 12.2. The summed E-state index contributed by atoms with van der Waals surface area (Å²) in [6, 6.07) is 14.8. The summed E-state index contributed by atoms with van der Waals surface area (Å²) in [5.74, 6) is 0. The summed E-state index contributed by atoms with van der Waals surface area (Å²) in [5.41, 5.74) is 7.27. The molecular weight excluding hydrogens is 230 g/mol. The van der Waals surface area contributed by atoms with Gasteiger partial charge in [-0.2, -0.15) is 0 Å². The lowest BCUT2D eigenvalue weighted by molar-refractivity contribution is 1.23. The lowest BCUT2D eigenvalue weighted by Crippen LogP contribution is -1.99. The van der Waals surface area contributed by atoms with Crippen LogP contribution in [0.3, 0.4) is 0 Å². The lowest BCUT2D eigenvalue weighted by atomic mass is 10.0. The van der Waals surface area contributed by atoms with Crippen LogP contribution in [0.2, 0.25) is 0 Å². The predicted molar refractivity (Wildman–Crippen MR) is 83.6 cm³/mol. The molecule has 1 nitrogen and oxygen atoms in total. The largest absolute Gasteiger partial charge is 0.252 e. The average molecular weight is 251 g/mol. The summed E-state index contributed by atoms with van der Waals surface area (Å²) < 4.78 is 0. The van der Waals surface area contributed by atoms with Crippen molar-refractivity contribution in [2.45, 2.75) is 34.1 Å². The number of hydrogen-bond acceptors (Lipinski definition) is 1. The van der Waals surface area contributed by atoms with Crippen LogP contribution in [0.1, 0.15) is 35.6 Å². The zero-order valence-corrected chi connectivity index (χ0v) is 12.2. The number of aryl methyl sites for hydroxylation is 3. The van der Waals surface area contributed by atoms with E-state index in [-0.39, 0.29) is 0 Å². The predicted octanol–water partition coefficient (Wildman–Crippen LogP) is 5.14. The van der Waals surface area contributed by atoms with E-state index in [1.807, 2.05) is 6.07 Å². The maximum Gasteiger partial charge on any atom is 0.0691 e. The van der Waals surface area contributed by atoms with E-state index in [2.05, 4.69) is 64.1 Å². The van der Waals surface area contributed by atoms with Crippen LogP contribution in [0.4, 0.5) is 5.69 Å². The van der Waals surface area contributed by atoms with Crippen molar-refractivity contribution in [1.29, 1.82) is 0 Å². The molecule has 0 N–H and O–H groups in total. The van der Waals surface area contributed by atoms with Crippen molar-refractivity contribution in [3.05, 3.63) is 64.7 Å². The highest BCUT2D eigenvalue weighted by Crippen LogP contribution is 2.26. The van der Waals surface area contributed by atoms with Crippen LogP contribution in [-0.4, -0.2) is 5.71 Å². The number of benzene rings is 2. The van der Waals surface area contributed by atoms with Crippen LogP contribution in [0.5, 0.6) is 0 Å². The molecule has 0 aromatic heterocycles. The Morgan fingerprint density at radius 2 is 1.53 bits per heavy atom. The smallest absolute Gasteiger partial charge is 0.0691 e. The van der Waals surface area contributed by atoms with Crippen LogP contribution in [0, 0.1) is 20.8 Å². The molecule has 2 aromatic carbocycles. The maximum absolute atomic E-state index is 4.90. The first-order valence-corrected chi connectivity index (χ1v) is 6.82. The molecule has 2 rings (SSSR count). The summed E-state index contributed by atoms with van der Waals surface area (Å²) in [4.78, 5) is 4.90. The van der Waals surface area contributed by atoms with Gasteiger partial charge in [0.1, 0.15) is 0 Å². The van der Waals surface area contributed by atoms with Gasteiger partial charge in [0, 0.05) is 5.71 Å². The van der Waals surface area contributed by atoms with Gasteiger partial charge in [0.15, 0.2) is 0 Å². The maximum atomic E-state index is 4.90. The SMILES string of the molecule is CCC(=Nc1c(C)cc(C)cc1C)c1ccccc1. The van der Waals surface area contributed by atoms with E-state index in [1.54, 1.807) is 0 Å². The monoisotopic (exact) mass is 251 g/mol. The molecule has 0 unspecified atom stereocenters. The van der Waals surface area contributed by atoms with Crippen LogP contribution < -0.4 is 0 Å². The molecule has 2 aromatic rings. The molecule has 0 aliphatic carbocycles. The molecule has 19 heavy (non-hydrogen) atoms.